The average Bonchev–Trinajstić information content (AvgIpc) is 2.96. The number of rotatable bonds is 9. The minimum Gasteiger partial charge on any atom is -0.352 e. The lowest BCUT2D eigenvalue weighted by Gasteiger charge is -2.34. The van der Waals surface area contributed by atoms with Crippen molar-refractivity contribution in [3.05, 3.63) is 76.1 Å². The number of carbonyl (C=O) groups excluding carboxylic acids is 1. The first-order valence-electron chi connectivity index (χ1n) is 14.3. The van der Waals surface area contributed by atoms with Crippen LogP contribution in [-0.2, 0) is 16.6 Å². The van der Waals surface area contributed by atoms with Crippen LogP contribution in [0, 0.1) is 0 Å². The standard InChI is InChI=1S/C30H39N5O4S/c1-23-8-5-6-15-35(23)40(38,39)25-11-12-28-26(20-25)27(21-29(36)32-28)30(37)31-13-7-14-33-16-18-34(19-17-33)22-24-9-3-2-4-10-24/h2-4,9-12,20-21,23H,5-8,13-19,22H2,1H3,(H,31,37)(H,32,36). The number of nitrogens with one attached hydrogen (secondary N) is 2. The van der Waals surface area contributed by atoms with Crippen molar-refractivity contribution >= 4 is 26.8 Å². The number of hydrogen-bond donors (Lipinski definition) is 2. The van der Waals surface area contributed by atoms with Crippen LogP contribution in [0.3, 0.4) is 0 Å². The molecule has 10 heteroatoms. The van der Waals surface area contributed by atoms with Crippen LogP contribution in [-0.4, -0.2) is 85.3 Å². The molecule has 1 aromatic heterocycles. The quantitative estimate of drug-likeness (QED) is 0.387. The van der Waals surface area contributed by atoms with Crippen molar-refractivity contribution in [1.82, 2.24) is 24.4 Å². The number of pyridine rings is 1. The first kappa shape index (κ1) is 28.5. The van der Waals surface area contributed by atoms with Gasteiger partial charge in [-0.3, -0.25) is 14.5 Å². The summed E-state index contributed by atoms with van der Waals surface area (Å²) >= 11 is 0. The van der Waals surface area contributed by atoms with E-state index in [1.54, 1.807) is 10.4 Å². The maximum absolute atomic E-state index is 13.4. The van der Waals surface area contributed by atoms with E-state index in [4.69, 9.17) is 0 Å². The largest absolute Gasteiger partial charge is 0.352 e. The van der Waals surface area contributed by atoms with Crippen LogP contribution < -0.4 is 10.9 Å². The molecule has 3 aromatic rings. The molecule has 2 N–H and O–H groups in total. The number of sulfonamides is 1. The van der Waals surface area contributed by atoms with Crippen molar-refractivity contribution in [3.8, 4) is 0 Å². The highest BCUT2D eigenvalue weighted by atomic mass is 32.2. The Balaban J connectivity index is 1.18. The molecule has 1 unspecified atom stereocenters. The Labute approximate surface area is 236 Å². The van der Waals surface area contributed by atoms with Crippen LogP contribution in [0.1, 0.15) is 48.5 Å². The zero-order chi connectivity index (χ0) is 28.1. The van der Waals surface area contributed by atoms with E-state index in [2.05, 4.69) is 44.4 Å². The summed E-state index contributed by atoms with van der Waals surface area (Å²) < 4.78 is 28.4. The molecule has 0 spiro atoms. The van der Waals surface area contributed by atoms with Gasteiger partial charge in [0.15, 0.2) is 0 Å². The van der Waals surface area contributed by atoms with Crippen LogP contribution >= 0.6 is 0 Å². The number of amides is 1. The maximum Gasteiger partial charge on any atom is 0.252 e. The molecule has 5 rings (SSSR count). The molecular formula is C30H39N5O4S. The van der Waals surface area contributed by atoms with E-state index < -0.39 is 15.6 Å². The summed E-state index contributed by atoms with van der Waals surface area (Å²) in [7, 11) is -3.71. The molecule has 9 nitrogen and oxygen atoms in total. The van der Waals surface area contributed by atoms with Gasteiger partial charge in [-0.2, -0.15) is 4.31 Å². The van der Waals surface area contributed by atoms with Gasteiger partial charge in [0.25, 0.3) is 5.91 Å². The second-order valence-corrected chi connectivity index (χ2v) is 12.8. The van der Waals surface area contributed by atoms with E-state index in [-0.39, 0.29) is 22.4 Å². The summed E-state index contributed by atoms with van der Waals surface area (Å²) in [5.74, 6) is -0.371. The van der Waals surface area contributed by atoms with Crippen LogP contribution in [0.2, 0.25) is 0 Å². The number of hydrogen-bond acceptors (Lipinski definition) is 6. The fourth-order valence-electron chi connectivity index (χ4n) is 5.76. The number of fused-ring (bicyclic) bond motifs is 1. The van der Waals surface area contributed by atoms with Crippen LogP contribution in [0.25, 0.3) is 10.9 Å². The van der Waals surface area contributed by atoms with Gasteiger partial charge >= 0.3 is 0 Å². The van der Waals surface area contributed by atoms with Gasteiger partial charge < -0.3 is 15.2 Å². The Kier molecular flexibility index (Phi) is 9.00. The minimum atomic E-state index is -3.71. The molecule has 3 heterocycles. The lowest BCUT2D eigenvalue weighted by molar-refractivity contribution is 0.0948. The second kappa shape index (κ2) is 12.6. The Morgan fingerprint density at radius 1 is 0.975 bits per heavy atom. The molecule has 0 bridgehead atoms. The number of aromatic nitrogens is 1. The highest BCUT2D eigenvalue weighted by Gasteiger charge is 2.31. The van der Waals surface area contributed by atoms with Gasteiger partial charge in [0.1, 0.15) is 0 Å². The van der Waals surface area contributed by atoms with Gasteiger partial charge in [-0.1, -0.05) is 36.8 Å². The molecule has 2 aliphatic heterocycles. The molecule has 0 aliphatic carbocycles. The smallest absolute Gasteiger partial charge is 0.252 e. The highest BCUT2D eigenvalue weighted by Crippen LogP contribution is 2.27. The highest BCUT2D eigenvalue weighted by molar-refractivity contribution is 7.89. The van der Waals surface area contributed by atoms with Crippen molar-refractivity contribution in [1.29, 1.82) is 0 Å². The molecule has 0 radical (unpaired) electrons. The van der Waals surface area contributed by atoms with Crippen LogP contribution in [0.4, 0.5) is 0 Å². The Bertz CT molecular complexity index is 1480. The molecular weight excluding hydrogens is 526 g/mol. The third-order valence-electron chi connectivity index (χ3n) is 8.06. The molecule has 2 aliphatic rings. The summed E-state index contributed by atoms with van der Waals surface area (Å²) in [5.41, 5.74) is 1.57. The summed E-state index contributed by atoms with van der Waals surface area (Å²) in [6.07, 6.45) is 3.47. The van der Waals surface area contributed by atoms with Gasteiger partial charge in [0.05, 0.1) is 10.5 Å². The van der Waals surface area contributed by atoms with E-state index >= 15 is 0 Å². The lowest BCUT2D eigenvalue weighted by atomic mass is 10.1. The van der Waals surface area contributed by atoms with Gasteiger partial charge in [-0.25, -0.2) is 8.42 Å². The zero-order valence-electron chi connectivity index (χ0n) is 23.1. The van der Waals surface area contributed by atoms with Gasteiger partial charge in [0, 0.05) is 68.8 Å². The molecule has 2 fully saturated rings. The van der Waals surface area contributed by atoms with Gasteiger partial charge in [-0.15, -0.1) is 0 Å². The predicted molar refractivity (Wildman–Crippen MR) is 157 cm³/mol. The number of H-pyrrole nitrogens is 1. The van der Waals surface area contributed by atoms with Crippen molar-refractivity contribution in [3.63, 3.8) is 0 Å². The maximum atomic E-state index is 13.4. The third-order valence-corrected chi connectivity index (χ3v) is 10.1. The first-order chi connectivity index (χ1) is 19.3. The number of aromatic amines is 1. The fraction of sp³-hybridized carbons (Fsp3) is 0.467. The van der Waals surface area contributed by atoms with Crippen LogP contribution in [0.5, 0.6) is 0 Å². The summed E-state index contributed by atoms with van der Waals surface area (Å²) in [6.45, 7) is 8.75. The number of piperazine rings is 1. The van der Waals surface area contributed by atoms with E-state index in [0.29, 0.717) is 24.0 Å². The van der Waals surface area contributed by atoms with Crippen LogP contribution in [0.15, 0.2) is 64.3 Å². The summed E-state index contributed by atoms with van der Waals surface area (Å²) in [6, 6.07) is 16.3. The number of carbonyl (C=O) groups is 1. The molecule has 1 atom stereocenters. The van der Waals surface area contributed by atoms with Gasteiger partial charge in [-0.05, 0) is 56.5 Å². The van der Waals surface area contributed by atoms with Crippen molar-refractivity contribution in [2.75, 3.05) is 45.8 Å². The predicted octanol–water partition coefficient (Wildman–Crippen LogP) is 3.03. The topological polar surface area (TPSA) is 106 Å². The third kappa shape index (κ3) is 6.63. The Morgan fingerprint density at radius 3 is 2.48 bits per heavy atom. The molecule has 214 valence electrons. The van der Waals surface area contributed by atoms with Crippen molar-refractivity contribution < 1.29 is 13.2 Å². The molecule has 2 aromatic carbocycles. The van der Waals surface area contributed by atoms with E-state index in [1.165, 1.54) is 23.8 Å². The Morgan fingerprint density at radius 2 is 1.73 bits per heavy atom. The normalized spacial score (nSPS) is 19.6. The van der Waals surface area contributed by atoms with E-state index in [1.807, 2.05) is 13.0 Å². The lowest BCUT2D eigenvalue weighted by Crippen LogP contribution is -2.46. The molecule has 1 amide bonds. The average molecular weight is 566 g/mol. The van der Waals surface area contributed by atoms with Crippen molar-refractivity contribution in [2.24, 2.45) is 0 Å². The fourth-order valence-corrected chi connectivity index (χ4v) is 7.48. The minimum absolute atomic E-state index is 0.0698. The monoisotopic (exact) mass is 565 g/mol. The zero-order valence-corrected chi connectivity index (χ0v) is 24.0. The van der Waals surface area contributed by atoms with E-state index in [9.17, 15) is 18.0 Å². The number of piperidine rings is 1. The summed E-state index contributed by atoms with van der Waals surface area (Å²) in [5, 5.41) is 3.37. The Hall–Kier alpha value is -3.05. The summed E-state index contributed by atoms with van der Waals surface area (Å²) in [4.78, 5) is 33.2. The van der Waals surface area contributed by atoms with Gasteiger partial charge in [0.2, 0.25) is 15.6 Å². The molecule has 40 heavy (non-hydrogen) atoms. The number of nitrogens with zero attached hydrogens (tertiary/aromatic N) is 3. The number of benzene rings is 2. The van der Waals surface area contributed by atoms with E-state index in [0.717, 1.165) is 65.0 Å². The molecule has 2 saturated heterocycles. The van der Waals surface area contributed by atoms with Crippen molar-refractivity contribution in [2.45, 2.75) is 50.1 Å². The first-order valence-corrected chi connectivity index (χ1v) is 15.7. The second-order valence-electron chi connectivity index (χ2n) is 10.9. The molecule has 0 saturated carbocycles. The SMILES string of the molecule is CC1CCCCN1S(=O)(=O)c1ccc2[nH]c(=O)cc(C(=O)NCCCN3CCN(Cc4ccccc4)CC3)c2c1.